The van der Waals surface area contributed by atoms with Crippen LogP contribution >= 0.6 is 0 Å². The van der Waals surface area contributed by atoms with Crippen molar-refractivity contribution < 1.29 is 4.42 Å². The Hall–Kier alpha value is -1.54. The molecule has 2 aromatic rings. The molecule has 0 bridgehead atoms. The lowest BCUT2D eigenvalue weighted by Gasteiger charge is -2.31. The Labute approximate surface area is 127 Å². The summed E-state index contributed by atoms with van der Waals surface area (Å²) in [5, 5.41) is 3.74. The van der Waals surface area contributed by atoms with Gasteiger partial charge in [-0.15, -0.1) is 0 Å². The van der Waals surface area contributed by atoms with Gasteiger partial charge in [-0.25, -0.2) is 0 Å². The van der Waals surface area contributed by atoms with Gasteiger partial charge in [0.25, 0.3) is 0 Å². The molecule has 1 aromatic carbocycles. The molecule has 21 heavy (non-hydrogen) atoms. The number of hydrogen-bond acceptors (Lipinski definition) is 2. The molecule has 1 unspecified atom stereocenters. The van der Waals surface area contributed by atoms with Crippen LogP contribution in [0.5, 0.6) is 0 Å². The van der Waals surface area contributed by atoms with Gasteiger partial charge in [-0.2, -0.15) is 0 Å². The van der Waals surface area contributed by atoms with Gasteiger partial charge >= 0.3 is 0 Å². The maximum absolute atomic E-state index is 5.69. The third-order valence-electron chi connectivity index (χ3n) is 4.57. The molecule has 2 heteroatoms. The first-order chi connectivity index (χ1) is 10.3. The van der Waals surface area contributed by atoms with Gasteiger partial charge in [-0.3, -0.25) is 0 Å². The summed E-state index contributed by atoms with van der Waals surface area (Å²) >= 11 is 0. The Morgan fingerprint density at radius 2 is 1.81 bits per heavy atom. The zero-order chi connectivity index (χ0) is 14.5. The first-order valence-corrected chi connectivity index (χ1v) is 8.16. The molecule has 0 aliphatic heterocycles. The molecule has 2 nitrogen and oxygen atoms in total. The molecule has 1 aromatic heterocycles. The molecular formula is C19H25NO. The second kappa shape index (κ2) is 6.95. The van der Waals surface area contributed by atoms with Crippen LogP contribution in [0.15, 0.2) is 46.9 Å². The highest BCUT2D eigenvalue weighted by Crippen LogP contribution is 2.34. The van der Waals surface area contributed by atoms with Crippen LogP contribution in [0, 0.1) is 12.8 Å². The van der Waals surface area contributed by atoms with Crippen LogP contribution in [-0.4, -0.2) is 0 Å². The number of aryl methyl sites for hydroxylation is 1. The van der Waals surface area contributed by atoms with Crippen molar-refractivity contribution in [2.75, 3.05) is 0 Å². The van der Waals surface area contributed by atoms with Gasteiger partial charge in [0.15, 0.2) is 0 Å². The largest absolute Gasteiger partial charge is 0.465 e. The Morgan fingerprint density at radius 3 is 2.48 bits per heavy atom. The fourth-order valence-electron chi connectivity index (χ4n) is 3.48. The summed E-state index contributed by atoms with van der Waals surface area (Å²) in [7, 11) is 0. The Morgan fingerprint density at radius 1 is 1.05 bits per heavy atom. The average Bonchev–Trinajstić information content (AvgIpc) is 2.95. The highest BCUT2D eigenvalue weighted by atomic mass is 16.3. The molecule has 1 saturated carbocycles. The number of benzene rings is 1. The number of furan rings is 1. The lowest BCUT2D eigenvalue weighted by molar-refractivity contribution is 0.265. The smallest absolute Gasteiger partial charge is 0.117 e. The maximum Gasteiger partial charge on any atom is 0.117 e. The van der Waals surface area contributed by atoms with E-state index in [9.17, 15) is 0 Å². The third kappa shape index (κ3) is 3.76. The summed E-state index contributed by atoms with van der Waals surface area (Å²) in [4.78, 5) is 0. The van der Waals surface area contributed by atoms with Crippen LogP contribution in [-0.2, 0) is 6.54 Å². The fourth-order valence-corrected chi connectivity index (χ4v) is 3.48. The topological polar surface area (TPSA) is 25.2 Å². The molecule has 1 aliphatic carbocycles. The average molecular weight is 283 g/mol. The van der Waals surface area contributed by atoms with Crippen molar-refractivity contribution in [2.24, 2.45) is 5.92 Å². The molecule has 0 spiro atoms. The first-order valence-electron chi connectivity index (χ1n) is 8.16. The summed E-state index contributed by atoms with van der Waals surface area (Å²) in [6, 6.07) is 15.4. The van der Waals surface area contributed by atoms with Crippen LogP contribution in [0.3, 0.4) is 0 Å². The minimum atomic E-state index is 0.442. The molecule has 112 valence electrons. The second-order valence-electron chi connectivity index (χ2n) is 6.18. The van der Waals surface area contributed by atoms with Crippen molar-refractivity contribution in [3.8, 4) is 0 Å². The molecule has 1 N–H and O–H groups in total. The number of nitrogens with one attached hydrogen (secondary N) is 1. The van der Waals surface area contributed by atoms with Crippen LogP contribution < -0.4 is 5.32 Å². The number of hydrogen-bond donors (Lipinski definition) is 1. The normalized spacial score (nSPS) is 17.8. The number of rotatable bonds is 5. The highest BCUT2D eigenvalue weighted by molar-refractivity contribution is 5.20. The predicted molar refractivity (Wildman–Crippen MR) is 86.0 cm³/mol. The van der Waals surface area contributed by atoms with E-state index in [0.717, 1.165) is 24.0 Å². The zero-order valence-electron chi connectivity index (χ0n) is 12.8. The van der Waals surface area contributed by atoms with Gasteiger partial charge < -0.3 is 9.73 Å². The molecule has 0 saturated heterocycles. The quantitative estimate of drug-likeness (QED) is 0.835. The van der Waals surface area contributed by atoms with Crippen LogP contribution in [0.1, 0.15) is 55.2 Å². The monoisotopic (exact) mass is 283 g/mol. The first kappa shape index (κ1) is 14.4. The zero-order valence-corrected chi connectivity index (χ0v) is 12.8. The van der Waals surface area contributed by atoms with E-state index in [1.165, 1.54) is 37.7 Å². The van der Waals surface area contributed by atoms with E-state index in [2.05, 4.69) is 41.7 Å². The summed E-state index contributed by atoms with van der Waals surface area (Å²) in [5.41, 5.74) is 1.41. The Kier molecular flexibility index (Phi) is 4.76. The van der Waals surface area contributed by atoms with Gasteiger partial charge in [0, 0.05) is 6.04 Å². The SMILES string of the molecule is Cc1ccc(CNC(c2ccccc2)C2CCCCC2)o1. The van der Waals surface area contributed by atoms with Crippen molar-refractivity contribution >= 4 is 0 Å². The predicted octanol–water partition coefficient (Wildman–Crippen LogP) is 5.00. The fraction of sp³-hybridized carbons (Fsp3) is 0.474. The van der Waals surface area contributed by atoms with E-state index in [4.69, 9.17) is 4.42 Å². The Bertz CT molecular complexity index is 540. The molecule has 1 heterocycles. The van der Waals surface area contributed by atoms with Crippen molar-refractivity contribution in [3.05, 3.63) is 59.5 Å². The van der Waals surface area contributed by atoms with Crippen molar-refractivity contribution in [2.45, 2.75) is 51.6 Å². The summed E-state index contributed by atoms with van der Waals surface area (Å²) in [5.74, 6) is 2.77. The highest BCUT2D eigenvalue weighted by Gasteiger charge is 2.24. The van der Waals surface area contributed by atoms with E-state index >= 15 is 0 Å². The van der Waals surface area contributed by atoms with Gasteiger partial charge in [0.05, 0.1) is 6.54 Å². The van der Waals surface area contributed by atoms with E-state index in [-0.39, 0.29) is 0 Å². The van der Waals surface area contributed by atoms with Crippen molar-refractivity contribution in [1.29, 1.82) is 0 Å². The van der Waals surface area contributed by atoms with E-state index < -0.39 is 0 Å². The second-order valence-corrected chi connectivity index (χ2v) is 6.18. The van der Waals surface area contributed by atoms with Gasteiger partial charge in [0.2, 0.25) is 0 Å². The lowest BCUT2D eigenvalue weighted by Crippen LogP contribution is -2.29. The van der Waals surface area contributed by atoms with Gasteiger partial charge in [0.1, 0.15) is 11.5 Å². The van der Waals surface area contributed by atoms with Crippen LogP contribution in [0.2, 0.25) is 0 Å². The summed E-state index contributed by atoms with van der Waals surface area (Å²) in [6.07, 6.45) is 6.81. The van der Waals surface area contributed by atoms with E-state index in [0.29, 0.717) is 6.04 Å². The van der Waals surface area contributed by atoms with Crippen molar-refractivity contribution in [3.63, 3.8) is 0 Å². The molecular weight excluding hydrogens is 258 g/mol. The van der Waals surface area contributed by atoms with E-state index in [1.54, 1.807) is 0 Å². The van der Waals surface area contributed by atoms with Crippen LogP contribution in [0.4, 0.5) is 0 Å². The minimum Gasteiger partial charge on any atom is -0.465 e. The van der Waals surface area contributed by atoms with E-state index in [1.807, 2.05) is 13.0 Å². The molecule has 3 rings (SSSR count). The van der Waals surface area contributed by atoms with Crippen molar-refractivity contribution in [1.82, 2.24) is 5.32 Å². The maximum atomic E-state index is 5.69. The third-order valence-corrected chi connectivity index (χ3v) is 4.57. The Balaban J connectivity index is 1.72. The molecule has 0 amide bonds. The summed E-state index contributed by atoms with van der Waals surface area (Å²) < 4.78 is 5.69. The molecule has 1 aliphatic rings. The lowest BCUT2D eigenvalue weighted by atomic mass is 9.81. The standard InChI is InChI=1S/C19H25NO/c1-15-12-13-18(21-15)14-20-19(16-8-4-2-5-9-16)17-10-6-3-7-11-17/h2,4-5,8-9,12-13,17,19-20H,3,6-7,10-11,14H2,1H3. The summed E-state index contributed by atoms with van der Waals surface area (Å²) in [6.45, 7) is 2.81. The molecule has 0 radical (unpaired) electrons. The minimum absolute atomic E-state index is 0.442. The van der Waals surface area contributed by atoms with Gasteiger partial charge in [-0.1, -0.05) is 49.6 Å². The van der Waals surface area contributed by atoms with Gasteiger partial charge in [-0.05, 0) is 43.4 Å². The molecule has 1 atom stereocenters. The van der Waals surface area contributed by atoms with Crippen LogP contribution in [0.25, 0.3) is 0 Å². The molecule has 1 fully saturated rings.